The van der Waals surface area contributed by atoms with Crippen molar-refractivity contribution in [1.29, 1.82) is 5.26 Å². The second-order valence-corrected chi connectivity index (χ2v) is 5.12. The summed E-state index contributed by atoms with van der Waals surface area (Å²) in [6.07, 6.45) is 5.86. The fraction of sp³-hybridized carbons (Fsp3) is 0.750. The third-order valence-corrected chi connectivity index (χ3v) is 2.93. The molecule has 0 aromatic heterocycles. The van der Waals surface area contributed by atoms with Crippen LogP contribution in [0.25, 0.3) is 0 Å². The van der Waals surface area contributed by atoms with Crippen LogP contribution in [0.15, 0.2) is 0 Å². The fourth-order valence-corrected chi connectivity index (χ4v) is 2.36. The van der Waals surface area contributed by atoms with Crippen LogP contribution in [0.4, 0.5) is 0 Å². The molecule has 1 unspecified atom stereocenters. The third kappa shape index (κ3) is 2.00. The largest absolute Gasteiger partial charge is 0.367 e. The Morgan fingerprint density at radius 2 is 2.00 bits per heavy atom. The van der Waals surface area contributed by atoms with Gasteiger partial charge in [0.1, 0.15) is 5.54 Å². The maximum atomic E-state index is 9.35. The molecule has 0 spiro atoms. The van der Waals surface area contributed by atoms with E-state index in [1.807, 2.05) is 27.7 Å². The monoisotopic (exact) mass is 206 g/mol. The summed E-state index contributed by atoms with van der Waals surface area (Å²) in [5.41, 5.74) is -1.51. The molecule has 3 heteroatoms. The molecule has 1 N–H and O–H groups in total. The van der Waals surface area contributed by atoms with E-state index in [0.29, 0.717) is 13.0 Å². The van der Waals surface area contributed by atoms with Gasteiger partial charge in [-0.3, -0.25) is 5.32 Å². The van der Waals surface area contributed by atoms with Crippen molar-refractivity contribution >= 4 is 0 Å². The molecule has 0 aromatic carbocycles. The molecule has 1 aliphatic heterocycles. The minimum Gasteiger partial charge on any atom is -0.367 e. The van der Waals surface area contributed by atoms with Crippen molar-refractivity contribution in [2.75, 3.05) is 6.54 Å². The highest BCUT2D eigenvalue weighted by Crippen LogP contribution is 2.44. The van der Waals surface area contributed by atoms with E-state index < -0.39 is 11.1 Å². The molecule has 1 saturated heterocycles. The van der Waals surface area contributed by atoms with Crippen LogP contribution in [0.1, 0.15) is 34.1 Å². The maximum Gasteiger partial charge on any atom is 0.138 e. The molecule has 82 valence electrons. The quantitative estimate of drug-likeness (QED) is 0.695. The van der Waals surface area contributed by atoms with Gasteiger partial charge in [-0.05, 0) is 27.7 Å². The molecule has 0 aromatic rings. The Kier molecular flexibility index (Phi) is 2.83. The number of nitriles is 1. The lowest BCUT2D eigenvalue weighted by Gasteiger charge is -2.34. The highest BCUT2D eigenvalue weighted by Gasteiger charge is 2.57. The summed E-state index contributed by atoms with van der Waals surface area (Å²) < 4.78 is 5.89. The zero-order chi connectivity index (χ0) is 11.7. The van der Waals surface area contributed by atoms with Crippen LogP contribution < -0.4 is 5.32 Å². The minimum absolute atomic E-state index is 0.291. The minimum atomic E-state index is -0.692. The van der Waals surface area contributed by atoms with Crippen molar-refractivity contribution < 1.29 is 4.74 Å². The summed E-state index contributed by atoms with van der Waals surface area (Å²) in [7, 11) is 0. The molecular weight excluding hydrogens is 188 g/mol. The number of rotatable bonds is 2. The van der Waals surface area contributed by atoms with Crippen molar-refractivity contribution in [3.8, 4) is 18.4 Å². The van der Waals surface area contributed by atoms with Crippen molar-refractivity contribution in [2.45, 2.75) is 50.9 Å². The van der Waals surface area contributed by atoms with Crippen LogP contribution in [-0.4, -0.2) is 23.3 Å². The van der Waals surface area contributed by atoms with Crippen molar-refractivity contribution in [1.82, 2.24) is 5.32 Å². The zero-order valence-corrected chi connectivity index (χ0v) is 9.85. The molecule has 15 heavy (non-hydrogen) atoms. The molecule has 1 fully saturated rings. The molecule has 1 atom stereocenters. The van der Waals surface area contributed by atoms with Crippen molar-refractivity contribution in [3.63, 3.8) is 0 Å². The Labute approximate surface area is 91.8 Å². The normalized spacial score (nSPS) is 31.9. The second kappa shape index (κ2) is 3.52. The summed E-state index contributed by atoms with van der Waals surface area (Å²) in [6, 6.07) is 2.33. The van der Waals surface area contributed by atoms with Gasteiger partial charge in [-0.15, -0.1) is 6.42 Å². The number of hydrogen-bond donors (Lipinski definition) is 1. The van der Waals surface area contributed by atoms with Crippen LogP contribution in [0.5, 0.6) is 0 Å². The lowest BCUT2D eigenvalue weighted by molar-refractivity contribution is -0.0762. The van der Waals surface area contributed by atoms with Crippen molar-refractivity contribution in [2.24, 2.45) is 0 Å². The van der Waals surface area contributed by atoms with E-state index in [-0.39, 0.29) is 5.60 Å². The van der Waals surface area contributed by atoms with E-state index in [9.17, 15) is 5.26 Å². The topological polar surface area (TPSA) is 45.0 Å². The Morgan fingerprint density at radius 3 is 2.33 bits per heavy atom. The summed E-state index contributed by atoms with van der Waals surface area (Å²) in [6.45, 7) is 8.22. The Hall–Kier alpha value is -1.03. The molecule has 0 amide bonds. The van der Waals surface area contributed by atoms with E-state index in [4.69, 9.17) is 11.2 Å². The van der Waals surface area contributed by atoms with Crippen LogP contribution in [0.2, 0.25) is 0 Å². The summed E-state index contributed by atoms with van der Waals surface area (Å²) in [5.74, 6) is 2.50. The van der Waals surface area contributed by atoms with Gasteiger partial charge in [0, 0.05) is 6.42 Å². The average molecular weight is 206 g/mol. The number of ether oxygens (including phenoxy) is 1. The van der Waals surface area contributed by atoms with Gasteiger partial charge in [0.05, 0.1) is 23.8 Å². The highest BCUT2D eigenvalue weighted by atomic mass is 16.5. The van der Waals surface area contributed by atoms with E-state index in [2.05, 4.69) is 17.3 Å². The van der Waals surface area contributed by atoms with Gasteiger partial charge in [-0.2, -0.15) is 5.26 Å². The second-order valence-electron chi connectivity index (χ2n) is 5.12. The van der Waals surface area contributed by atoms with Gasteiger partial charge in [-0.1, -0.05) is 5.92 Å². The SMILES string of the molecule is C#CCNC1(C#N)CC(C)(C)OC1(C)C. The Morgan fingerprint density at radius 1 is 1.40 bits per heavy atom. The van der Waals surface area contributed by atoms with E-state index in [0.717, 1.165) is 0 Å². The van der Waals surface area contributed by atoms with Gasteiger partial charge in [0.15, 0.2) is 0 Å². The first-order chi connectivity index (χ1) is 6.79. The van der Waals surface area contributed by atoms with Gasteiger partial charge in [0.25, 0.3) is 0 Å². The third-order valence-electron chi connectivity index (χ3n) is 2.93. The molecule has 1 aliphatic rings. The predicted octanol–water partition coefficient (Wildman–Crippen LogP) is 1.45. The van der Waals surface area contributed by atoms with Gasteiger partial charge in [-0.25, -0.2) is 0 Å². The maximum absolute atomic E-state index is 9.35. The molecule has 0 radical (unpaired) electrons. The van der Waals surface area contributed by atoms with Crippen LogP contribution in [0, 0.1) is 23.7 Å². The molecular formula is C12H18N2O. The first-order valence-electron chi connectivity index (χ1n) is 5.08. The number of hydrogen-bond acceptors (Lipinski definition) is 3. The number of terminal acetylenes is 1. The van der Waals surface area contributed by atoms with Gasteiger partial charge >= 0.3 is 0 Å². The number of nitrogens with zero attached hydrogens (tertiary/aromatic N) is 1. The summed E-state index contributed by atoms with van der Waals surface area (Å²) in [4.78, 5) is 0. The van der Waals surface area contributed by atoms with E-state index >= 15 is 0 Å². The van der Waals surface area contributed by atoms with Gasteiger partial charge in [0.2, 0.25) is 0 Å². The molecule has 3 nitrogen and oxygen atoms in total. The smallest absolute Gasteiger partial charge is 0.138 e. The average Bonchev–Trinajstić information content (AvgIpc) is 2.28. The molecule has 0 aliphatic carbocycles. The standard InChI is InChI=1S/C12H18N2O/c1-6-7-14-12(9-13)8-10(2,3)15-11(12,4)5/h1,14H,7-8H2,2-5H3. The first kappa shape index (κ1) is 12.0. The van der Waals surface area contributed by atoms with Crippen LogP contribution >= 0.6 is 0 Å². The number of nitrogens with one attached hydrogen (secondary N) is 1. The van der Waals surface area contributed by atoms with E-state index in [1.165, 1.54) is 0 Å². The molecule has 1 heterocycles. The predicted molar refractivity (Wildman–Crippen MR) is 59.0 cm³/mol. The van der Waals surface area contributed by atoms with E-state index in [1.54, 1.807) is 0 Å². The highest BCUT2D eigenvalue weighted by molar-refractivity contribution is 5.23. The van der Waals surface area contributed by atoms with Crippen LogP contribution in [0.3, 0.4) is 0 Å². The summed E-state index contributed by atoms with van der Waals surface area (Å²) >= 11 is 0. The zero-order valence-electron chi connectivity index (χ0n) is 9.85. The first-order valence-corrected chi connectivity index (χ1v) is 5.08. The van der Waals surface area contributed by atoms with Crippen LogP contribution in [-0.2, 0) is 4.74 Å². The lowest BCUT2D eigenvalue weighted by Crippen LogP contribution is -2.56. The van der Waals surface area contributed by atoms with Gasteiger partial charge < -0.3 is 4.74 Å². The lowest BCUT2D eigenvalue weighted by atomic mass is 9.80. The Balaban J connectivity index is 3.00. The molecule has 0 saturated carbocycles. The van der Waals surface area contributed by atoms with Crippen molar-refractivity contribution in [3.05, 3.63) is 0 Å². The Bertz CT molecular complexity index is 333. The molecule has 1 rings (SSSR count). The summed E-state index contributed by atoms with van der Waals surface area (Å²) in [5, 5.41) is 12.5. The molecule has 0 bridgehead atoms. The fourth-order valence-electron chi connectivity index (χ4n) is 2.36.